The summed E-state index contributed by atoms with van der Waals surface area (Å²) in [6, 6.07) is 11.2. The number of benzene rings is 1. The van der Waals surface area contributed by atoms with E-state index in [1.807, 2.05) is 31.3 Å². The van der Waals surface area contributed by atoms with Gasteiger partial charge in [0.25, 0.3) is 0 Å². The lowest BCUT2D eigenvalue weighted by Gasteiger charge is -2.18. The van der Waals surface area contributed by atoms with Crippen LogP contribution in [0.4, 0.5) is 4.39 Å². The van der Waals surface area contributed by atoms with Gasteiger partial charge in [0.15, 0.2) is 0 Å². The highest BCUT2D eigenvalue weighted by atomic mass is 32.2. The van der Waals surface area contributed by atoms with Crippen LogP contribution in [0.25, 0.3) is 0 Å². The summed E-state index contributed by atoms with van der Waals surface area (Å²) < 4.78 is 13.7. The summed E-state index contributed by atoms with van der Waals surface area (Å²) in [6.07, 6.45) is 2.98. The van der Waals surface area contributed by atoms with E-state index < -0.39 is 0 Å². The van der Waals surface area contributed by atoms with Gasteiger partial charge in [-0.3, -0.25) is 4.98 Å². The molecule has 1 N–H and O–H groups in total. The molecule has 1 heterocycles. The molecule has 0 radical (unpaired) electrons. The van der Waals surface area contributed by atoms with E-state index in [0.717, 1.165) is 30.0 Å². The number of halogens is 1. The van der Waals surface area contributed by atoms with Gasteiger partial charge in [-0.15, -0.1) is 11.8 Å². The SMILES string of the molecule is CCCNC(CSc1ccccc1F)c1ccc(C)nc1. The highest BCUT2D eigenvalue weighted by Gasteiger charge is 2.12. The maximum absolute atomic E-state index is 13.7. The molecule has 0 bridgehead atoms. The maximum Gasteiger partial charge on any atom is 0.136 e. The van der Waals surface area contributed by atoms with Crippen LogP contribution in [-0.4, -0.2) is 17.3 Å². The Kier molecular flexibility index (Phi) is 6.21. The van der Waals surface area contributed by atoms with Crippen LogP contribution in [0.3, 0.4) is 0 Å². The molecule has 2 nitrogen and oxygen atoms in total. The van der Waals surface area contributed by atoms with E-state index in [0.29, 0.717) is 4.90 Å². The van der Waals surface area contributed by atoms with Crippen molar-refractivity contribution in [3.63, 3.8) is 0 Å². The van der Waals surface area contributed by atoms with Gasteiger partial charge >= 0.3 is 0 Å². The predicted molar refractivity (Wildman–Crippen MR) is 87.1 cm³/mol. The Hall–Kier alpha value is -1.39. The van der Waals surface area contributed by atoms with Gasteiger partial charge < -0.3 is 5.32 Å². The van der Waals surface area contributed by atoms with Crippen molar-refractivity contribution >= 4 is 11.8 Å². The highest BCUT2D eigenvalue weighted by Crippen LogP contribution is 2.26. The lowest BCUT2D eigenvalue weighted by molar-refractivity contribution is 0.573. The first-order chi connectivity index (χ1) is 10.2. The molecular formula is C17H21FN2S. The molecular weight excluding hydrogens is 283 g/mol. The van der Waals surface area contributed by atoms with Crippen molar-refractivity contribution in [1.29, 1.82) is 0 Å². The normalized spacial score (nSPS) is 12.3. The maximum atomic E-state index is 13.7. The molecule has 0 saturated heterocycles. The molecule has 1 atom stereocenters. The number of hydrogen-bond donors (Lipinski definition) is 1. The van der Waals surface area contributed by atoms with Crippen LogP contribution in [0.15, 0.2) is 47.5 Å². The van der Waals surface area contributed by atoms with Crippen molar-refractivity contribution < 1.29 is 4.39 Å². The number of nitrogens with zero attached hydrogens (tertiary/aromatic N) is 1. The van der Waals surface area contributed by atoms with Crippen molar-refractivity contribution in [3.05, 3.63) is 59.7 Å². The van der Waals surface area contributed by atoms with Crippen molar-refractivity contribution in [3.8, 4) is 0 Å². The van der Waals surface area contributed by atoms with Crippen molar-refractivity contribution in [2.75, 3.05) is 12.3 Å². The molecule has 0 amide bonds. The second kappa shape index (κ2) is 8.15. The minimum absolute atomic E-state index is 0.154. The van der Waals surface area contributed by atoms with Gasteiger partial charge in [-0.2, -0.15) is 0 Å². The molecule has 0 aliphatic heterocycles. The van der Waals surface area contributed by atoms with Crippen LogP contribution in [0.5, 0.6) is 0 Å². The van der Waals surface area contributed by atoms with E-state index in [1.165, 1.54) is 17.8 Å². The van der Waals surface area contributed by atoms with Gasteiger partial charge in [-0.05, 0) is 43.7 Å². The van der Waals surface area contributed by atoms with Gasteiger partial charge in [0.05, 0.1) is 0 Å². The number of rotatable bonds is 7. The van der Waals surface area contributed by atoms with Crippen molar-refractivity contribution in [1.82, 2.24) is 10.3 Å². The fraction of sp³-hybridized carbons (Fsp3) is 0.353. The number of pyridine rings is 1. The average molecular weight is 304 g/mol. The van der Waals surface area contributed by atoms with E-state index in [1.54, 1.807) is 6.07 Å². The number of hydrogen-bond acceptors (Lipinski definition) is 3. The summed E-state index contributed by atoms with van der Waals surface area (Å²) in [5.41, 5.74) is 2.16. The van der Waals surface area contributed by atoms with E-state index in [-0.39, 0.29) is 11.9 Å². The zero-order valence-corrected chi connectivity index (χ0v) is 13.3. The molecule has 0 spiro atoms. The smallest absolute Gasteiger partial charge is 0.136 e. The Morgan fingerprint density at radius 1 is 1.24 bits per heavy atom. The summed E-state index contributed by atoms with van der Waals surface area (Å²) in [6.45, 7) is 5.06. The third-order valence-electron chi connectivity index (χ3n) is 3.22. The molecule has 0 saturated carbocycles. The van der Waals surface area contributed by atoms with Crippen LogP contribution in [0, 0.1) is 12.7 Å². The molecule has 0 aliphatic rings. The highest BCUT2D eigenvalue weighted by molar-refractivity contribution is 7.99. The van der Waals surface area contributed by atoms with Gasteiger partial charge in [0, 0.05) is 28.6 Å². The average Bonchev–Trinajstić information content (AvgIpc) is 2.50. The number of aryl methyl sites for hydroxylation is 1. The van der Waals surface area contributed by atoms with Gasteiger partial charge in [0.1, 0.15) is 5.82 Å². The molecule has 1 aromatic heterocycles. The third kappa shape index (κ3) is 4.83. The largest absolute Gasteiger partial charge is 0.309 e. The molecule has 2 rings (SSSR count). The first kappa shape index (κ1) is 16.0. The molecule has 112 valence electrons. The summed E-state index contributed by atoms with van der Waals surface area (Å²) in [5, 5.41) is 3.51. The van der Waals surface area contributed by atoms with Gasteiger partial charge in [0.2, 0.25) is 0 Å². The summed E-state index contributed by atoms with van der Waals surface area (Å²) in [7, 11) is 0. The molecule has 0 fully saturated rings. The van der Waals surface area contributed by atoms with Crippen molar-refractivity contribution in [2.45, 2.75) is 31.2 Å². The second-order valence-corrected chi connectivity index (χ2v) is 6.04. The van der Waals surface area contributed by atoms with Crippen LogP contribution in [0.1, 0.15) is 30.6 Å². The van der Waals surface area contributed by atoms with Crippen molar-refractivity contribution in [2.24, 2.45) is 0 Å². The quantitative estimate of drug-likeness (QED) is 0.769. The molecule has 21 heavy (non-hydrogen) atoms. The number of aromatic nitrogens is 1. The van der Waals surface area contributed by atoms with Crippen LogP contribution in [-0.2, 0) is 0 Å². The molecule has 0 aliphatic carbocycles. The minimum Gasteiger partial charge on any atom is -0.309 e. The van der Waals surface area contributed by atoms with Crippen LogP contribution >= 0.6 is 11.8 Å². The monoisotopic (exact) mass is 304 g/mol. The summed E-state index contributed by atoms with van der Waals surface area (Å²) >= 11 is 1.54. The Bertz CT molecular complexity index is 557. The standard InChI is InChI=1S/C17H21FN2S/c1-3-10-19-16(14-9-8-13(2)20-11-14)12-21-17-7-5-4-6-15(17)18/h4-9,11,16,19H,3,10,12H2,1-2H3. The Labute approximate surface area is 130 Å². The first-order valence-electron chi connectivity index (χ1n) is 7.24. The predicted octanol–water partition coefficient (Wildman–Crippen LogP) is 4.36. The van der Waals surface area contributed by atoms with E-state index in [9.17, 15) is 4.39 Å². The fourth-order valence-corrected chi connectivity index (χ4v) is 3.05. The minimum atomic E-state index is -0.154. The lowest BCUT2D eigenvalue weighted by Crippen LogP contribution is -2.24. The van der Waals surface area contributed by atoms with Crippen LogP contribution < -0.4 is 5.32 Å². The summed E-state index contributed by atoms with van der Waals surface area (Å²) in [5.74, 6) is 0.629. The van der Waals surface area contributed by atoms with E-state index >= 15 is 0 Å². The molecule has 4 heteroatoms. The number of thioether (sulfide) groups is 1. The Morgan fingerprint density at radius 2 is 2.05 bits per heavy atom. The zero-order chi connectivity index (χ0) is 15.1. The molecule has 1 unspecified atom stereocenters. The molecule has 1 aromatic carbocycles. The Morgan fingerprint density at radius 3 is 2.71 bits per heavy atom. The topological polar surface area (TPSA) is 24.9 Å². The lowest BCUT2D eigenvalue weighted by atomic mass is 10.1. The number of nitrogens with one attached hydrogen (secondary N) is 1. The van der Waals surface area contributed by atoms with Crippen LogP contribution in [0.2, 0.25) is 0 Å². The van der Waals surface area contributed by atoms with Gasteiger partial charge in [-0.1, -0.05) is 25.1 Å². The summed E-state index contributed by atoms with van der Waals surface area (Å²) in [4.78, 5) is 5.05. The third-order valence-corrected chi connectivity index (χ3v) is 4.36. The van der Waals surface area contributed by atoms with E-state index in [4.69, 9.17) is 0 Å². The second-order valence-electron chi connectivity index (χ2n) is 4.98. The zero-order valence-electron chi connectivity index (χ0n) is 12.5. The fourth-order valence-electron chi connectivity index (χ4n) is 2.01. The van der Waals surface area contributed by atoms with E-state index in [2.05, 4.69) is 23.3 Å². The first-order valence-corrected chi connectivity index (χ1v) is 8.22. The molecule has 2 aromatic rings. The Balaban J connectivity index is 2.06. The van der Waals surface area contributed by atoms with Gasteiger partial charge in [-0.25, -0.2) is 4.39 Å².